The molecule has 4 rings (SSSR count). The van der Waals surface area contributed by atoms with Crippen LogP contribution in [0.15, 0.2) is 12.3 Å². The van der Waals surface area contributed by atoms with Gasteiger partial charge in [-0.25, -0.2) is 4.98 Å². The van der Waals surface area contributed by atoms with E-state index in [1.165, 1.54) is 12.8 Å². The second kappa shape index (κ2) is 11.0. The molecule has 2 fully saturated rings. The average molecular weight is 515 g/mol. The highest BCUT2D eigenvalue weighted by Crippen LogP contribution is 2.42. The Morgan fingerprint density at radius 1 is 1.32 bits per heavy atom. The fourth-order valence-electron chi connectivity index (χ4n) is 4.29. The first-order valence-electron chi connectivity index (χ1n) is 11.7. The van der Waals surface area contributed by atoms with Crippen LogP contribution in [0.2, 0.25) is 5.28 Å². The summed E-state index contributed by atoms with van der Waals surface area (Å²) >= 11 is 6.23. The van der Waals surface area contributed by atoms with Crippen LogP contribution in [0.4, 0.5) is 5.82 Å². The number of carbonyl (C=O) groups is 1. The second-order valence-corrected chi connectivity index (χ2v) is 11.4. The molecule has 1 aliphatic carbocycles. The molecule has 0 amide bonds. The number of anilines is 1. The van der Waals surface area contributed by atoms with E-state index in [0.29, 0.717) is 11.7 Å². The molecule has 188 valence electrons. The summed E-state index contributed by atoms with van der Waals surface area (Å²) in [5.41, 5.74) is 0.704. The lowest BCUT2D eigenvalue weighted by atomic mass is 10.1. The van der Waals surface area contributed by atoms with Crippen molar-refractivity contribution in [2.75, 3.05) is 24.9 Å². The van der Waals surface area contributed by atoms with Crippen LogP contribution >= 0.6 is 19.2 Å². The van der Waals surface area contributed by atoms with E-state index in [9.17, 15) is 14.3 Å². The second-order valence-electron chi connectivity index (χ2n) is 9.25. The number of hydrogen-bond acceptors (Lipinski definition) is 8. The number of aromatic nitrogens is 3. The Morgan fingerprint density at radius 2 is 2.09 bits per heavy atom. The number of halogens is 1. The zero-order valence-corrected chi connectivity index (χ0v) is 21.1. The van der Waals surface area contributed by atoms with E-state index in [0.717, 1.165) is 36.9 Å². The third-order valence-electron chi connectivity index (χ3n) is 6.25. The Kier molecular flexibility index (Phi) is 8.28. The molecule has 1 saturated heterocycles. The highest BCUT2D eigenvalue weighted by Gasteiger charge is 2.30. The van der Waals surface area contributed by atoms with Crippen molar-refractivity contribution < 1.29 is 28.3 Å². The summed E-state index contributed by atoms with van der Waals surface area (Å²) in [5, 5.41) is 4.59. The Hall–Kier alpha value is -1.55. The first-order chi connectivity index (χ1) is 16.2. The molecular weight excluding hydrogens is 483 g/mol. The number of hydrogen-bond donors (Lipinski definition) is 2. The molecule has 3 atom stereocenters. The molecule has 10 nitrogen and oxygen atoms in total. The van der Waals surface area contributed by atoms with Crippen molar-refractivity contribution in [2.45, 2.75) is 70.7 Å². The van der Waals surface area contributed by atoms with Crippen molar-refractivity contribution in [2.24, 2.45) is 5.92 Å². The van der Waals surface area contributed by atoms with Crippen molar-refractivity contribution in [3.8, 4) is 0 Å². The minimum Gasteiger partial charge on any atom is -0.367 e. The zero-order valence-electron chi connectivity index (χ0n) is 19.5. The molecule has 12 heteroatoms. The monoisotopic (exact) mass is 514 g/mol. The van der Waals surface area contributed by atoms with Gasteiger partial charge in [-0.05, 0) is 43.4 Å². The van der Waals surface area contributed by atoms with Crippen LogP contribution in [0.25, 0.3) is 11.0 Å². The topological polar surface area (TPSA) is 125 Å². The van der Waals surface area contributed by atoms with E-state index in [2.05, 4.69) is 15.3 Å². The van der Waals surface area contributed by atoms with E-state index >= 15 is 0 Å². The average Bonchev–Trinajstić information content (AvgIpc) is 3.52. The van der Waals surface area contributed by atoms with Gasteiger partial charge in [-0.15, -0.1) is 0 Å². The van der Waals surface area contributed by atoms with Crippen molar-refractivity contribution in [3.05, 3.63) is 17.5 Å². The highest BCUT2D eigenvalue weighted by atomic mass is 35.5. The number of ketones is 1. The predicted octanol–water partition coefficient (Wildman–Crippen LogP) is 4.52. The molecule has 3 heterocycles. The van der Waals surface area contributed by atoms with Gasteiger partial charge in [-0.1, -0.05) is 26.7 Å². The summed E-state index contributed by atoms with van der Waals surface area (Å²) in [6.45, 7) is 3.16. The summed E-state index contributed by atoms with van der Waals surface area (Å²) in [4.78, 5) is 30.3. The summed E-state index contributed by atoms with van der Waals surface area (Å²) in [5.74, 6) is 0.248. The first-order valence-corrected chi connectivity index (χ1v) is 13.9. The fourth-order valence-corrected chi connectivity index (χ4v) is 5.20. The molecule has 0 bridgehead atoms. The number of carbonyl (C=O) groups excluding carboxylic acids is 1. The molecule has 2 aliphatic rings. The molecule has 34 heavy (non-hydrogen) atoms. The van der Waals surface area contributed by atoms with Crippen LogP contribution in [0, 0.1) is 5.92 Å². The Morgan fingerprint density at radius 3 is 2.82 bits per heavy atom. The highest BCUT2D eigenvalue weighted by molar-refractivity contribution is 7.52. The van der Waals surface area contributed by atoms with Gasteiger partial charge in [0.2, 0.25) is 5.28 Å². The summed E-state index contributed by atoms with van der Waals surface area (Å²) < 4.78 is 30.4. The lowest BCUT2D eigenvalue weighted by Crippen LogP contribution is -2.18. The van der Waals surface area contributed by atoms with Crippen LogP contribution in [0.1, 0.15) is 58.6 Å². The van der Waals surface area contributed by atoms with Gasteiger partial charge in [0.05, 0.1) is 18.1 Å². The molecule has 2 N–H and O–H groups in total. The predicted molar refractivity (Wildman–Crippen MR) is 128 cm³/mol. The Bertz CT molecular complexity index is 1060. The molecule has 0 radical (unpaired) electrons. The normalized spacial score (nSPS) is 23.1. The minimum absolute atomic E-state index is 0.145. The number of nitrogens with one attached hydrogen (secondary N) is 1. The maximum atomic E-state index is 12.1. The van der Waals surface area contributed by atoms with Crippen LogP contribution in [-0.2, 0) is 23.4 Å². The number of ether oxygens (including phenoxy) is 2. The van der Waals surface area contributed by atoms with E-state index < -0.39 is 20.6 Å². The van der Waals surface area contributed by atoms with Gasteiger partial charge in [0.15, 0.2) is 5.78 Å². The SMILES string of the molecule is CC(C)C(=O)COP(=O)(O)COC[C@@H]1CC[C@H](n2ccc3c(NC4CCCC4)nc(Cl)nc32)O1. The third kappa shape index (κ3) is 6.36. The van der Waals surface area contributed by atoms with Crippen molar-refractivity contribution in [1.82, 2.24) is 14.5 Å². The van der Waals surface area contributed by atoms with Crippen molar-refractivity contribution in [3.63, 3.8) is 0 Å². The van der Waals surface area contributed by atoms with E-state index in [4.69, 9.17) is 25.6 Å². The van der Waals surface area contributed by atoms with Gasteiger partial charge < -0.3 is 24.3 Å². The molecule has 0 spiro atoms. The molecule has 1 unspecified atom stereocenters. The van der Waals surface area contributed by atoms with Crippen molar-refractivity contribution in [1.29, 1.82) is 0 Å². The summed E-state index contributed by atoms with van der Waals surface area (Å²) in [7, 11) is -4.01. The van der Waals surface area contributed by atoms with Gasteiger partial charge in [0.25, 0.3) is 0 Å². The minimum atomic E-state index is -4.01. The number of rotatable bonds is 11. The van der Waals surface area contributed by atoms with Gasteiger partial charge in [0, 0.05) is 18.2 Å². The van der Waals surface area contributed by atoms with Crippen LogP contribution in [0.5, 0.6) is 0 Å². The van der Waals surface area contributed by atoms with Crippen LogP contribution < -0.4 is 5.32 Å². The molecular formula is C22H32ClN4O6P. The fraction of sp³-hybridized carbons (Fsp3) is 0.682. The van der Waals surface area contributed by atoms with Gasteiger partial charge in [-0.3, -0.25) is 13.9 Å². The van der Waals surface area contributed by atoms with Gasteiger partial charge in [-0.2, -0.15) is 4.98 Å². The van der Waals surface area contributed by atoms with E-state index in [1.54, 1.807) is 13.8 Å². The maximum Gasteiger partial charge on any atom is 0.353 e. The number of Topliss-reactive ketones (excluding diaryl/α,β-unsaturated/α-hetero) is 1. The molecule has 2 aromatic heterocycles. The summed E-state index contributed by atoms with van der Waals surface area (Å²) in [6.07, 6.45) is 7.07. The Balaban J connectivity index is 1.32. The smallest absolute Gasteiger partial charge is 0.353 e. The lowest BCUT2D eigenvalue weighted by Gasteiger charge is -2.18. The molecule has 1 saturated carbocycles. The maximum absolute atomic E-state index is 12.1. The number of nitrogens with zero attached hydrogens (tertiary/aromatic N) is 3. The van der Waals surface area contributed by atoms with Gasteiger partial charge >= 0.3 is 7.60 Å². The van der Waals surface area contributed by atoms with Crippen LogP contribution in [0.3, 0.4) is 0 Å². The molecule has 2 aromatic rings. The van der Waals surface area contributed by atoms with E-state index in [1.807, 2.05) is 16.8 Å². The van der Waals surface area contributed by atoms with Crippen molar-refractivity contribution >= 4 is 41.8 Å². The third-order valence-corrected chi connectivity index (χ3v) is 7.46. The van der Waals surface area contributed by atoms with Gasteiger partial charge in [0.1, 0.15) is 30.6 Å². The standard InChI is InChI=1S/C22H32ClN4O6P/c1-14(2)18(28)12-32-34(29,30)13-31-11-16-7-8-19(33-16)27-10-9-17-20(24-15-5-3-4-6-15)25-22(23)26-21(17)27/h9-10,14-16,19H,3-8,11-13H2,1-2H3,(H,29,30)(H,24,25,26)/t16-,19+/m0/s1. The molecule has 1 aliphatic heterocycles. The quantitative estimate of drug-likeness (QED) is 0.329. The lowest BCUT2D eigenvalue weighted by molar-refractivity contribution is -0.124. The summed E-state index contributed by atoms with van der Waals surface area (Å²) in [6, 6.07) is 2.37. The largest absolute Gasteiger partial charge is 0.367 e. The molecule has 0 aromatic carbocycles. The zero-order chi connectivity index (χ0) is 24.3. The number of fused-ring (bicyclic) bond motifs is 1. The van der Waals surface area contributed by atoms with E-state index in [-0.39, 0.29) is 35.9 Å². The Labute approximate surface area is 203 Å². The van der Waals surface area contributed by atoms with Crippen LogP contribution in [-0.4, -0.2) is 56.9 Å². The first kappa shape index (κ1) is 25.5.